The van der Waals surface area contributed by atoms with Gasteiger partial charge in [0.15, 0.2) is 0 Å². The molecular weight excluding hydrogens is 711 g/mol. The molecule has 54 heavy (non-hydrogen) atoms. The molecule has 1 aromatic carbocycles. The third-order valence-electron chi connectivity index (χ3n) is 8.12. The van der Waals surface area contributed by atoms with Crippen LogP contribution >= 0.6 is 0 Å². The highest BCUT2D eigenvalue weighted by Gasteiger charge is 2.33. The Morgan fingerprint density at radius 2 is 1.22 bits per heavy atom. The van der Waals surface area contributed by atoms with Crippen LogP contribution in [0.25, 0.3) is 0 Å². The van der Waals surface area contributed by atoms with Gasteiger partial charge in [-0.3, -0.25) is 9.59 Å². The number of hydrogen-bond donors (Lipinski definition) is 5. The molecule has 0 heterocycles. The lowest BCUT2D eigenvalue weighted by Gasteiger charge is -2.29. The fourth-order valence-corrected chi connectivity index (χ4v) is 5.76. The number of amides is 5. The molecule has 1 unspecified atom stereocenters. The van der Waals surface area contributed by atoms with E-state index in [9.17, 15) is 37.1 Å². The Kier molecular flexibility index (Phi) is 16.9. The van der Waals surface area contributed by atoms with Crippen molar-refractivity contribution < 1.29 is 51.4 Å². The summed E-state index contributed by atoms with van der Waals surface area (Å²) >= 11 is 0. The zero-order chi connectivity index (χ0) is 40.9. The molecule has 0 spiro atoms. The number of anilines is 1. The van der Waals surface area contributed by atoms with Crippen molar-refractivity contribution in [2.45, 2.75) is 149 Å². The van der Waals surface area contributed by atoms with Crippen LogP contribution in [0, 0.1) is 11.8 Å². The summed E-state index contributed by atoms with van der Waals surface area (Å²) in [4.78, 5) is 66.0. The van der Waals surface area contributed by atoms with Crippen LogP contribution in [0.5, 0.6) is 0 Å². The molecule has 5 N–H and O–H groups in total. The van der Waals surface area contributed by atoms with Crippen LogP contribution in [0.15, 0.2) is 24.3 Å². The molecule has 2 atom stereocenters. The Bertz CT molecular complexity index is 1380. The summed E-state index contributed by atoms with van der Waals surface area (Å²) in [6.45, 7) is 14.8. The monoisotopic (exact) mass is 771 g/mol. The molecule has 0 saturated heterocycles. The van der Waals surface area contributed by atoms with E-state index in [1.807, 2.05) is 0 Å². The first-order valence-electron chi connectivity index (χ1n) is 18.5. The molecule has 5 amide bonds. The average Bonchev–Trinajstić information content (AvgIpc) is 3.01. The van der Waals surface area contributed by atoms with Crippen LogP contribution in [0.1, 0.15) is 119 Å². The molecule has 1 aliphatic rings. The number of alkyl carbamates (subject to hydrolysis) is 3. The number of carbonyl (C=O) groups is 5. The zero-order valence-corrected chi connectivity index (χ0v) is 33.1. The summed E-state index contributed by atoms with van der Waals surface area (Å²) in [5, 5.41) is 13.1. The molecule has 1 fully saturated rings. The Hall–Kier alpha value is -4.24. The Labute approximate surface area is 316 Å². The number of hydrogen-bond acceptors (Lipinski definition) is 8. The highest BCUT2D eigenvalue weighted by Crippen LogP contribution is 2.31. The molecule has 1 saturated carbocycles. The van der Waals surface area contributed by atoms with E-state index in [-0.39, 0.29) is 31.6 Å². The van der Waals surface area contributed by atoms with E-state index in [1.165, 1.54) is 12.1 Å². The SMILES string of the molecule is CC(C)(C)OC(=O)NCC(CNC(=O)OC(C)(C)C)C[C@H](NC(=O)OC(C)(C)C)C(=O)NC(CCC1CCCCC1)C(=O)Nc1cccc(C(F)(F)F)c1. The van der Waals surface area contributed by atoms with Gasteiger partial charge in [0.25, 0.3) is 0 Å². The smallest absolute Gasteiger partial charge is 0.416 e. The standard InChI is InChI=1S/C38H60F3N5O8/c1-35(2,3)52-32(49)42-22-25(23-43-33(50)53-36(4,5)6)20-29(46-34(51)54-37(7,8)9)31(48)45-28(19-18-24-14-11-10-12-15-24)30(47)44-27-17-13-16-26(21-27)38(39,40)41/h13,16-17,21,24-25,28-29H,10-12,14-15,18-20,22-23H2,1-9H3,(H,42,49)(H,43,50)(H,44,47)(H,45,48)(H,46,51)/t28?,29-/m0/s1. The predicted octanol–water partition coefficient (Wildman–Crippen LogP) is 7.44. The summed E-state index contributed by atoms with van der Waals surface area (Å²) in [5.74, 6) is -1.91. The molecule has 0 radical (unpaired) electrons. The van der Waals surface area contributed by atoms with Crippen molar-refractivity contribution in [1.82, 2.24) is 21.3 Å². The first-order valence-corrected chi connectivity index (χ1v) is 18.5. The number of nitrogens with one attached hydrogen (secondary N) is 5. The predicted molar refractivity (Wildman–Crippen MR) is 198 cm³/mol. The van der Waals surface area contributed by atoms with Crippen molar-refractivity contribution in [3.8, 4) is 0 Å². The van der Waals surface area contributed by atoms with Crippen LogP contribution in [0.3, 0.4) is 0 Å². The Morgan fingerprint density at radius 3 is 1.72 bits per heavy atom. The van der Waals surface area contributed by atoms with Gasteiger partial charge in [0.05, 0.1) is 5.56 Å². The van der Waals surface area contributed by atoms with Crippen LogP contribution in [0.2, 0.25) is 0 Å². The summed E-state index contributed by atoms with van der Waals surface area (Å²) in [6, 6.07) is 1.65. The summed E-state index contributed by atoms with van der Waals surface area (Å²) in [6.07, 6.45) is -1.38. The second-order valence-electron chi connectivity index (χ2n) is 16.8. The summed E-state index contributed by atoms with van der Waals surface area (Å²) < 4.78 is 56.4. The van der Waals surface area contributed by atoms with Crippen molar-refractivity contribution in [2.24, 2.45) is 11.8 Å². The normalized spacial score (nSPS) is 15.4. The number of carbonyl (C=O) groups excluding carboxylic acids is 5. The van der Waals surface area contributed by atoms with Gasteiger partial charge in [0.2, 0.25) is 11.8 Å². The fourth-order valence-electron chi connectivity index (χ4n) is 5.76. The number of rotatable bonds is 14. The molecule has 306 valence electrons. The van der Waals surface area contributed by atoms with Gasteiger partial charge >= 0.3 is 24.5 Å². The maximum atomic E-state index is 14.1. The molecule has 1 aliphatic carbocycles. The van der Waals surface area contributed by atoms with Gasteiger partial charge in [-0.05, 0) is 112 Å². The van der Waals surface area contributed by atoms with E-state index in [4.69, 9.17) is 14.2 Å². The van der Waals surface area contributed by atoms with E-state index >= 15 is 0 Å². The molecule has 0 bridgehead atoms. The van der Waals surface area contributed by atoms with E-state index < -0.39 is 76.6 Å². The third-order valence-corrected chi connectivity index (χ3v) is 8.12. The third kappa shape index (κ3) is 19.2. The minimum absolute atomic E-state index is 0.100. The van der Waals surface area contributed by atoms with Crippen molar-refractivity contribution in [2.75, 3.05) is 18.4 Å². The lowest BCUT2D eigenvalue weighted by molar-refractivity contribution is -0.137. The quantitative estimate of drug-likeness (QED) is 0.121. The molecule has 16 heteroatoms. The van der Waals surface area contributed by atoms with Gasteiger partial charge < -0.3 is 40.8 Å². The minimum Gasteiger partial charge on any atom is -0.444 e. The molecule has 0 aromatic heterocycles. The highest BCUT2D eigenvalue weighted by molar-refractivity contribution is 5.98. The molecule has 2 rings (SSSR count). The van der Waals surface area contributed by atoms with E-state index in [1.54, 1.807) is 62.3 Å². The van der Waals surface area contributed by atoms with Crippen LogP contribution < -0.4 is 26.6 Å². The fraction of sp³-hybridized carbons (Fsp3) is 0.711. The Morgan fingerprint density at radius 1 is 0.704 bits per heavy atom. The molecule has 0 aliphatic heterocycles. The number of halogens is 3. The summed E-state index contributed by atoms with van der Waals surface area (Å²) in [7, 11) is 0. The molecular formula is C38H60F3N5O8. The highest BCUT2D eigenvalue weighted by atomic mass is 19.4. The maximum Gasteiger partial charge on any atom is 0.416 e. The van der Waals surface area contributed by atoms with Gasteiger partial charge in [-0.1, -0.05) is 38.2 Å². The number of benzene rings is 1. The number of ether oxygens (including phenoxy) is 3. The largest absolute Gasteiger partial charge is 0.444 e. The Balaban J connectivity index is 2.41. The van der Waals surface area contributed by atoms with E-state index in [0.29, 0.717) is 12.3 Å². The average molecular weight is 772 g/mol. The first kappa shape index (κ1) is 45.9. The minimum atomic E-state index is -4.64. The number of alkyl halides is 3. The second kappa shape index (κ2) is 19.9. The zero-order valence-electron chi connectivity index (χ0n) is 33.1. The molecule has 13 nitrogen and oxygen atoms in total. The van der Waals surface area contributed by atoms with Gasteiger partial charge in [-0.25, -0.2) is 14.4 Å². The van der Waals surface area contributed by atoms with Crippen molar-refractivity contribution in [1.29, 1.82) is 0 Å². The summed E-state index contributed by atoms with van der Waals surface area (Å²) in [5.41, 5.74) is -3.60. The second-order valence-corrected chi connectivity index (χ2v) is 16.8. The van der Waals surface area contributed by atoms with Gasteiger partial charge in [-0.2, -0.15) is 13.2 Å². The van der Waals surface area contributed by atoms with Crippen molar-refractivity contribution in [3.05, 3.63) is 29.8 Å². The van der Waals surface area contributed by atoms with Gasteiger partial charge in [0, 0.05) is 18.8 Å². The molecule has 1 aromatic rings. The lowest BCUT2D eigenvalue weighted by atomic mass is 9.85. The van der Waals surface area contributed by atoms with Crippen LogP contribution in [0.4, 0.5) is 33.2 Å². The maximum absolute atomic E-state index is 14.1. The van der Waals surface area contributed by atoms with Crippen molar-refractivity contribution >= 4 is 35.8 Å². The van der Waals surface area contributed by atoms with Gasteiger partial charge in [-0.15, -0.1) is 0 Å². The topological polar surface area (TPSA) is 173 Å². The van der Waals surface area contributed by atoms with Gasteiger partial charge in [0.1, 0.15) is 28.9 Å². The van der Waals surface area contributed by atoms with Crippen molar-refractivity contribution in [3.63, 3.8) is 0 Å². The van der Waals surface area contributed by atoms with Crippen LogP contribution in [-0.2, 0) is 30.0 Å². The first-order chi connectivity index (χ1) is 24.8. The van der Waals surface area contributed by atoms with E-state index in [2.05, 4.69) is 26.6 Å². The van der Waals surface area contributed by atoms with E-state index in [0.717, 1.165) is 44.2 Å². The lowest BCUT2D eigenvalue weighted by Crippen LogP contribution is -2.54. The van der Waals surface area contributed by atoms with Crippen LogP contribution in [-0.4, -0.2) is 72.1 Å².